The van der Waals surface area contributed by atoms with Gasteiger partial charge in [-0.2, -0.15) is 5.26 Å². The van der Waals surface area contributed by atoms with Crippen molar-refractivity contribution in [2.24, 2.45) is 19.8 Å². The average Bonchev–Trinajstić information content (AvgIpc) is 2.98. The fourth-order valence-electron chi connectivity index (χ4n) is 3.62. The van der Waals surface area contributed by atoms with Gasteiger partial charge in [0.1, 0.15) is 17.2 Å². The van der Waals surface area contributed by atoms with E-state index in [1.165, 1.54) is 14.1 Å². The van der Waals surface area contributed by atoms with Gasteiger partial charge in [0.15, 0.2) is 5.41 Å². The molecular formula is C19H19N5O5. The highest BCUT2D eigenvalue weighted by Crippen LogP contribution is 2.51. The molecule has 0 radical (unpaired) electrons. The molecule has 1 spiro atoms. The second-order valence-corrected chi connectivity index (χ2v) is 6.40. The molecule has 4 N–H and O–H groups in total. The van der Waals surface area contributed by atoms with Crippen molar-refractivity contribution < 1.29 is 14.6 Å². The third-order valence-electron chi connectivity index (χ3n) is 4.85. The molecule has 3 heterocycles. The van der Waals surface area contributed by atoms with Crippen molar-refractivity contribution in [3.8, 4) is 11.9 Å². The van der Waals surface area contributed by atoms with Crippen molar-refractivity contribution in [2.75, 3.05) is 11.9 Å². The number of amides is 1. The van der Waals surface area contributed by atoms with Gasteiger partial charge in [-0.15, -0.1) is 0 Å². The minimum absolute atomic E-state index is 0.115. The second kappa shape index (κ2) is 6.96. The predicted octanol–water partition coefficient (Wildman–Crippen LogP) is -0.593. The van der Waals surface area contributed by atoms with E-state index in [0.717, 1.165) is 9.13 Å². The average molecular weight is 397 g/mol. The van der Waals surface area contributed by atoms with Gasteiger partial charge in [-0.05, 0) is 13.0 Å². The molecule has 0 fully saturated rings. The lowest BCUT2D eigenvalue weighted by Gasteiger charge is -2.33. The van der Waals surface area contributed by atoms with Crippen LogP contribution in [-0.2, 0) is 24.3 Å². The first-order chi connectivity index (χ1) is 13.8. The number of nitrogens with two attached hydrogens (primary N) is 1. The van der Waals surface area contributed by atoms with Crippen LogP contribution in [0.15, 0.2) is 45.3 Å². The summed E-state index contributed by atoms with van der Waals surface area (Å²) in [5, 5.41) is 20.0. The maximum atomic E-state index is 13.1. The molecule has 1 aromatic carbocycles. The van der Waals surface area contributed by atoms with Crippen LogP contribution in [0.4, 0.5) is 5.69 Å². The van der Waals surface area contributed by atoms with E-state index in [9.17, 15) is 19.6 Å². The first-order valence-electron chi connectivity index (χ1n) is 8.67. The number of ether oxygens (including phenoxy) is 1. The monoisotopic (exact) mass is 397 g/mol. The van der Waals surface area contributed by atoms with Crippen LogP contribution in [0.2, 0.25) is 0 Å². The molecule has 10 heteroatoms. The Labute approximate surface area is 165 Å². The Kier molecular flexibility index (Phi) is 4.78. The van der Waals surface area contributed by atoms with E-state index in [2.05, 4.69) is 5.32 Å². The van der Waals surface area contributed by atoms with E-state index < -0.39 is 22.6 Å². The number of aliphatic hydroxyl groups is 1. The molecule has 1 aromatic heterocycles. The van der Waals surface area contributed by atoms with Crippen LogP contribution in [0, 0.1) is 11.3 Å². The minimum atomic E-state index is -1.77. The molecule has 4 rings (SSSR count). The quantitative estimate of drug-likeness (QED) is 0.537. The normalized spacial score (nSPS) is 18.8. The van der Waals surface area contributed by atoms with Crippen molar-refractivity contribution in [1.82, 2.24) is 9.13 Å². The molecule has 10 nitrogen and oxygen atoms in total. The summed E-state index contributed by atoms with van der Waals surface area (Å²) in [4.78, 5) is 38.4. The van der Waals surface area contributed by atoms with Crippen LogP contribution >= 0.6 is 0 Å². The Morgan fingerprint density at radius 2 is 1.86 bits per heavy atom. The number of hydrogen-bond acceptors (Lipinski definition) is 7. The molecule has 29 heavy (non-hydrogen) atoms. The highest BCUT2D eigenvalue weighted by atomic mass is 16.5. The van der Waals surface area contributed by atoms with Crippen LogP contribution in [0.25, 0.3) is 0 Å². The highest BCUT2D eigenvalue weighted by Gasteiger charge is 2.58. The third kappa shape index (κ3) is 2.48. The van der Waals surface area contributed by atoms with E-state index >= 15 is 0 Å². The zero-order valence-electron chi connectivity index (χ0n) is 16.0. The number of carbonyl (C=O) groups excluding carboxylic acids is 1. The Hall–Kier alpha value is -3.84. The van der Waals surface area contributed by atoms with Crippen LogP contribution in [0.1, 0.15) is 18.1 Å². The lowest BCUT2D eigenvalue weighted by atomic mass is 9.69. The summed E-state index contributed by atoms with van der Waals surface area (Å²) in [5.41, 5.74) is 3.34. The van der Waals surface area contributed by atoms with Gasteiger partial charge in [0.25, 0.3) is 5.56 Å². The van der Waals surface area contributed by atoms with Crippen LogP contribution < -0.4 is 27.0 Å². The summed E-state index contributed by atoms with van der Waals surface area (Å²) >= 11 is 0. The Balaban J connectivity index is 0.000000755. The van der Waals surface area contributed by atoms with Crippen molar-refractivity contribution >= 4 is 11.6 Å². The van der Waals surface area contributed by atoms with Gasteiger partial charge in [-0.3, -0.25) is 18.7 Å². The number of aliphatic hydroxyl groups excluding tert-OH is 1. The number of nitriles is 1. The topological polar surface area (TPSA) is 152 Å². The Bertz CT molecular complexity index is 1220. The zero-order valence-corrected chi connectivity index (χ0v) is 16.0. The van der Waals surface area contributed by atoms with Crippen molar-refractivity contribution in [3.05, 3.63) is 67.7 Å². The number of para-hydroxylation sites is 1. The number of nitrogens with zero attached hydrogens (tertiary/aromatic N) is 3. The summed E-state index contributed by atoms with van der Waals surface area (Å²) < 4.78 is 7.40. The zero-order chi connectivity index (χ0) is 21.5. The number of hydrogen-bond donors (Lipinski definition) is 3. The maximum absolute atomic E-state index is 13.1. The number of rotatable bonds is 0. The van der Waals surface area contributed by atoms with Gasteiger partial charge in [0, 0.05) is 32.0 Å². The number of anilines is 1. The fourth-order valence-corrected chi connectivity index (χ4v) is 3.62. The first kappa shape index (κ1) is 19.9. The second-order valence-electron chi connectivity index (χ2n) is 6.40. The van der Waals surface area contributed by atoms with E-state index in [4.69, 9.17) is 15.6 Å². The first-order valence-corrected chi connectivity index (χ1v) is 8.67. The molecule has 0 saturated heterocycles. The van der Waals surface area contributed by atoms with Gasteiger partial charge in [0.05, 0.1) is 0 Å². The molecule has 0 saturated carbocycles. The highest BCUT2D eigenvalue weighted by molar-refractivity contribution is 6.12. The van der Waals surface area contributed by atoms with Crippen LogP contribution in [0.5, 0.6) is 5.88 Å². The molecule has 150 valence electrons. The molecule has 2 aliphatic rings. The number of nitrogens with one attached hydrogen (secondary N) is 1. The summed E-state index contributed by atoms with van der Waals surface area (Å²) in [5.74, 6) is -1.07. The number of aromatic nitrogens is 2. The van der Waals surface area contributed by atoms with Crippen molar-refractivity contribution in [1.29, 1.82) is 5.26 Å². The molecule has 0 unspecified atom stereocenters. The molecule has 0 aliphatic carbocycles. The number of fused-ring (bicyclic) bond motifs is 4. The lowest BCUT2D eigenvalue weighted by Crippen LogP contribution is -2.51. The van der Waals surface area contributed by atoms with E-state index in [0.29, 0.717) is 11.3 Å². The number of carbonyl (C=O) groups is 1. The van der Waals surface area contributed by atoms with Gasteiger partial charge in [-0.1, -0.05) is 18.2 Å². The SMILES string of the molecule is CCO.Cn1c2c(c(=O)n(C)c1=O)[C@@]1(C(=O)Nc3ccccc31)C(C#N)=C(N)O2. The van der Waals surface area contributed by atoms with Crippen molar-refractivity contribution in [3.63, 3.8) is 0 Å². The molecule has 1 amide bonds. The molecule has 0 bridgehead atoms. The lowest BCUT2D eigenvalue weighted by molar-refractivity contribution is -0.118. The van der Waals surface area contributed by atoms with Gasteiger partial charge in [-0.25, -0.2) is 4.79 Å². The summed E-state index contributed by atoms with van der Waals surface area (Å²) in [7, 11) is 2.70. The van der Waals surface area contributed by atoms with Crippen LogP contribution in [-0.4, -0.2) is 26.8 Å². The van der Waals surface area contributed by atoms with E-state index in [-0.39, 0.29) is 29.5 Å². The van der Waals surface area contributed by atoms with E-state index in [1.54, 1.807) is 31.2 Å². The molecular weight excluding hydrogens is 378 g/mol. The Morgan fingerprint density at radius 3 is 2.48 bits per heavy atom. The minimum Gasteiger partial charge on any atom is -0.423 e. The van der Waals surface area contributed by atoms with Gasteiger partial charge < -0.3 is 20.9 Å². The largest absolute Gasteiger partial charge is 0.423 e. The summed E-state index contributed by atoms with van der Waals surface area (Å²) in [6, 6.07) is 8.62. The fraction of sp³-hybridized carbons (Fsp3) is 0.263. The van der Waals surface area contributed by atoms with Crippen LogP contribution in [0.3, 0.4) is 0 Å². The Morgan fingerprint density at radius 1 is 1.24 bits per heavy atom. The van der Waals surface area contributed by atoms with Crippen molar-refractivity contribution in [2.45, 2.75) is 12.3 Å². The summed E-state index contributed by atoms with van der Waals surface area (Å²) in [6.45, 7) is 1.93. The standard InChI is InChI=1S/C17H13N5O4.C2H6O/c1-21-13(23)11-14(22(2)16(21)25)26-12(19)9(7-18)17(11)8-5-3-4-6-10(8)20-15(17)24;1-2-3/h3-6H,19H2,1-2H3,(H,20,24);3H,2H2,1H3/t17-;/m0./s1. The number of benzene rings is 1. The molecule has 1 atom stereocenters. The van der Waals surface area contributed by atoms with E-state index in [1.807, 2.05) is 6.07 Å². The third-order valence-corrected chi connectivity index (χ3v) is 4.85. The molecule has 2 aromatic rings. The van der Waals surface area contributed by atoms with Gasteiger partial charge >= 0.3 is 5.69 Å². The summed E-state index contributed by atoms with van der Waals surface area (Å²) in [6.07, 6.45) is 0. The van der Waals surface area contributed by atoms with Gasteiger partial charge in [0.2, 0.25) is 17.7 Å². The smallest absolute Gasteiger partial charge is 0.333 e. The predicted molar refractivity (Wildman–Crippen MR) is 103 cm³/mol. The maximum Gasteiger partial charge on any atom is 0.333 e. The molecule has 2 aliphatic heterocycles.